The fourth-order valence-electron chi connectivity index (χ4n) is 2.04. The van der Waals surface area contributed by atoms with E-state index in [1.165, 1.54) is 0 Å². The van der Waals surface area contributed by atoms with Crippen LogP contribution in [0.4, 0.5) is 4.79 Å². The molecular weight excluding hydrogens is 298 g/mol. The Morgan fingerprint density at radius 2 is 2.09 bits per heavy atom. The first kappa shape index (κ1) is 15.0. The van der Waals surface area contributed by atoms with Crippen LogP contribution in [0.2, 0.25) is 0 Å². The van der Waals surface area contributed by atoms with Crippen molar-refractivity contribution in [3.05, 3.63) is 48.3 Å². The number of nitrogens with one attached hydrogen (secondary N) is 2. The maximum atomic E-state index is 11.6. The summed E-state index contributed by atoms with van der Waals surface area (Å²) in [6.45, 7) is 1.37. The van der Waals surface area contributed by atoms with E-state index >= 15 is 0 Å². The molecule has 7 nitrogen and oxygen atoms in total. The summed E-state index contributed by atoms with van der Waals surface area (Å²) in [6, 6.07) is 10.7. The van der Waals surface area contributed by atoms with Crippen molar-refractivity contribution in [1.82, 2.24) is 15.6 Å². The van der Waals surface area contributed by atoms with E-state index in [0.29, 0.717) is 36.9 Å². The van der Waals surface area contributed by atoms with E-state index in [4.69, 9.17) is 14.2 Å². The molecular formula is C16H17N3O4. The predicted molar refractivity (Wildman–Crippen MR) is 82.5 cm³/mol. The molecule has 3 rings (SSSR count). The molecule has 1 aromatic carbocycles. The Bertz CT molecular complexity index is 664. The number of pyridine rings is 1. The monoisotopic (exact) mass is 315 g/mol. The normalized spacial score (nSPS) is 11.8. The first-order valence-electron chi connectivity index (χ1n) is 7.25. The van der Waals surface area contributed by atoms with Gasteiger partial charge in [0, 0.05) is 12.3 Å². The second-order valence-corrected chi connectivity index (χ2v) is 4.79. The first-order chi connectivity index (χ1) is 11.3. The molecule has 0 fully saturated rings. The number of carbonyl (C=O) groups is 1. The summed E-state index contributed by atoms with van der Waals surface area (Å²) in [4.78, 5) is 15.8. The van der Waals surface area contributed by atoms with E-state index in [1.807, 2.05) is 18.2 Å². The average Bonchev–Trinajstić information content (AvgIpc) is 3.05. The highest BCUT2D eigenvalue weighted by atomic mass is 16.7. The summed E-state index contributed by atoms with van der Waals surface area (Å²) in [5, 5.41) is 5.44. The standard InChI is InChI=1S/C16H17N3O4/c20-16(19-10-12-3-1-2-6-17-12)18-7-8-21-13-4-5-14-15(9-13)23-11-22-14/h1-6,9H,7-8,10-11H2,(H2,18,19,20). The van der Waals surface area contributed by atoms with Crippen molar-refractivity contribution in [2.24, 2.45) is 0 Å². The number of fused-ring (bicyclic) bond motifs is 1. The van der Waals surface area contributed by atoms with Crippen LogP contribution in [0.1, 0.15) is 5.69 Å². The summed E-state index contributed by atoms with van der Waals surface area (Å²) in [7, 11) is 0. The van der Waals surface area contributed by atoms with Gasteiger partial charge < -0.3 is 24.8 Å². The third-order valence-corrected chi connectivity index (χ3v) is 3.16. The van der Waals surface area contributed by atoms with Crippen LogP contribution in [0.15, 0.2) is 42.6 Å². The van der Waals surface area contributed by atoms with E-state index in [9.17, 15) is 4.79 Å². The molecule has 2 heterocycles. The molecule has 0 unspecified atom stereocenters. The summed E-state index contributed by atoms with van der Waals surface area (Å²) in [5.41, 5.74) is 0.805. The van der Waals surface area contributed by atoms with Crippen LogP contribution in [-0.2, 0) is 6.54 Å². The zero-order valence-corrected chi connectivity index (χ0v) is 12.5. The SMILES string of the molecule is O=C(NCCOc1ccc2c(c1)OCO2)NCc1ccccn1. The van der Waals surface area contributed by atoms with Crippen molar-refractivity contribution in [1.29, 1.82) is 0 Å². The van der Waals surface area contributed by atoms with Gasteiger partial charge in [-0.15, -0.1) is 0 Å². The van der Waals surface area contributed by atoms with Gasteiger partial charge in [-0.1, -0.05) is 6.07 Å². The molecule has 23 heavy (non-hydrogen) atoms. The van der Waals surface area contributed by atoms with Gasteiger partial charge in [-0.3, -0.25) is 4.98 Å². The number of aromatic nitrogens is 1. The van der Waals surface area contributed by atoms with Crippen LogP contribution in [0.25, 0.3) is 0 Å². The van der Waals surface area contributed by atoms with Crippen LogP contribution in [-0.4, -0.2) is 31.0 Å². The second kappa shape index (κ2) is 7.35. The van der Waals surface area contributed by atoms with Gasteiger partial charge in [-0.25, -0.2) is 4.79 Å². The summed E-state index contributed by atoms with van der Waals surface area (Å²) in [6.07, 6.45) is 1.69. The van der Waals surface area contributed by atoms with Crippen molar-refractivity contribution < 1.29 is 19.0 Å². The number of hydrogen-bond donors (Lipinski definition) is 2. The topological polar surface area (TPSA) is 81.7 Å². The van der Waals surface area contributed by atoms with E-state index in [2.05, 4.69) is 15.6 Å². The first-order valence-corrected chi connectivity index (χ1v) is 7.25. The smallest absolute Gasteiger partial charge is 0.315 e. The Balaban J connectivity index is 1.34. The summed E-state index contributed by atoms with van der Waals surface area (Å²) < 4.78 is 16.0. The largest absolute Gasteiger partial charge is 0.492 e. The number of rotatable bonds is 6. The van der Waals surface area contributed by atoms with Gasteiger partial charge >= 0.3 is 6.03 Å². The number of urea groups is 1. The van der Waals surface area contributed by atoms with Gasteiger partial charge in [-0.2, -0.15) is 0 Å². The lowest BCUT2D eigenvalue weighted by Crippen LogP contribution is -2.37. The number of ether oxygens (including phenoxy) is 3. The van der Waals surface area contributed by atoms with Gasteiger partial charge in [0.2, 0.25) is 6.79 Å². The lowest BCUT2D eigenvalue weighted by atomic mass is 10.3. The van der Waals surface area contributed by atoms with E-state index in [1.54, 1.807) is 24.4 Å². The molecule has 2 amide bonds. The molecule has 7 heteroatoms. The Hall–Kier alpha value is -2.96. The van der Waals surface area contributed by atoms with Gasteiger partial charge in [0.05, 0.1) is 18.8 Å². The molecule has 2 aromatic rings. The van der Waals surface area contributed by atoms with Crippen LogP contribution in [0.3, 0.4) is 0 Å². The molecule has 1 aliphatic rings. The highest BCUT2D eigenvalue weighted by molar-refractivity contribution is 5.73. The van der Waals surface area contributed by atoms with E-state index in [-0.39, 0.29) is 12.8 Å². The highest BCUT2D eigenvalue weighted by Gasteiger charge is 2.13. The molecule has 1 aliphatic heterocycles. The van der Waals surface area contributed by atoms with E-state index < -0.39 is 0 Å². The van der Waals surface area contributed by atoms with E-state index in [0.717, 1.165) is 5.69 Å². The van der Waals surface area contributed by atoms with Crippen LogP contribution in [0, 0.1) is 0 Å². The third kappa shape index (κ3) is 4.26. The van der Waals surface area contributed by atoms with Crippen LogP contribution >= 0.6 is 0 Å². The maximum Gasteiger partial charge on any atom is 0.315 e. The molecule has 0 saturated carbocycles. The van der Waals surface area contributed by atoms with Crippen molar-refractivity contribution in [3.8, 4) is 17.2 Å². The summed E-state index contributed by atoms with van der Waals surface area (Å²) in [5.74, 6) is 2.05. The molecule has 0 saturated heterocycles. The fraction of sp³-hybridized carbons (Fsp3) is 0.250. The average molecular weight is 315 g/mol. The molecule has 0 atom stereocenters. The number of carbonyl (C=O) groups excluding carboxylic acids is 1. The maximum absolute atomic E-state index is 11.6. The molecule has 0 spiro atoms. The lowest BCUT2D eigenvalue weighted by Gasteiger charge is -2.09. The van der Waals surface area contributed by atoms with Gasteiger partial charge in [0.15, 0.2) is 11.5 Å². The van der Waals surface area contributed by atoms with Gasteiger partial charge in [0.1, 0.15) is 12.4 Å². The zero-order chi connectivity index (χ0) is 15.9. The van der Waals surface area contributed by atoms with Crippen molar-refractivity contribution in [3.63, 3.8) is 0 Å². The van der Waals surface area contributed by atoms with Gasteiger partial charge in [-0.05, 0) is 24.3 Å². The number of amides is 2. The molecule has 0 aliphatic carbocycles. The minimum atomic E-state index is -0.259. The lowest BCUT2D eigenvalue weighted by molar-refractivity contribution is 0.173. The van der Waals surface area contributed by atoms with Crippen LogP contribution < -0.4 is 24.8 Å². The Morgan fingerprint density at radius 3 is 2.96 bits per heavy atom. The molecule has 0 radical (unpaired) electrons. The third-order valence-electron chi connectivity index (χ3n) is 3.16. The second-order valence-electron chi connectivity index (χ2n) is 4.79. The Kier molecular flexibility index (Phi) is 4.78. The molecule has 2 N–H and O–H groups in total. The molecule has 0 bridgehead atoms. The van der Waals surface area contributed by atoms with Crippen LogP contribution in [0.5, 0.6) is 17.2 Å². The van der Waals surface area contributed by atoms with Crippen molar-refractivity contribution in [2.75, 3.05) is 19.9 Å². The number of nitrogens with zero attached hydrogens (tertiary/aromatic N) is 1. The molecule has 120 valence electrons. The van der Waals surface area contributed by atoms with Crippen molar-refractivity contribution in [2.45, 2.75) is 6.54 Å². The minimum Gasteiger partial charge on any atom is -0.492 e. The van der Waals surface area contributed by atoms with Crippen molar-refractivity contribution >= 4 is 6.03 Å². The fourth-order valence-corrected chi connectivity index (χ4v) is 2.04. The quantitative estimate of drug-likeness (QED) is 0.793. The van der Waals surface area contributed by atoms with Gasteiger partial charge in [0.25, 0.3) is 0 Å². The minimum absolute atomic E-state index is 0.233. The Morgan fingerprint density at radius 1 is 1.17 bits per heavy atom. The Labute approximate surface area is 133 Å². The highest BCUT2D eigenvalue weighted by Crippen LogP contribution is 2.34. The predicted octanol–water partition coefficient (Wildman–Crippen LogP) is 1.69. The molecule has 1 aromatic heterocycles. The number of hydrogen-bond acceptors (Lipinski definition) is 5. The summed E-state index contributed by atoms with van der Waals surface area (Å²) >= 11 is 0. The number of benzene rings is 1. The zero-order valence-electron chi connectivity index (χ0n) is 12.5.